The molecule has 0 saturated carbocycles. The van der Waals surface area contributed by atoms with E-state index in [9.17, 15) is 44.6 Å². The minimum atomic E-state index is -3.35. The topological polar surface area (TPSA) is 191 Å². The lowest BCUT2D eigenvalue weighted by molar-refractivity contribution is -0.384. The molecule has 12 nitrogen and oxygen atoms in total. The first-order valence-corrected chi connectivity index (χ1v) is 10.6. The number of hydrogen-bond acceptors (Lipinski definition) is 11. The summed E-state index contributed by atoms with van der Waals surface area (Å²) in [6, 6.07) is 10.2. The van der Waals surface area contributed by atoms with Gasteiger partial charge in [0.15, 0.2) is 28.7 Å². The third kappa shape index (κ3) is 3.89. The normalized spacial score (nSPS) is 27.7. The smallest absolute Gasteiger partial charge is 0.269 e. The fourth-order valence-electron chi connectivity index (χ4n) is 4.13. The van der Waals surface area contributed by atoms with Gasteiger partial charge in [0.2, 0.25) is 17.5 Å². The zero-order valence-electron chi connectivity index (χ0n) is 19.5. The molecule has 1 fully saturated rings. The van der Waals surface area contributed by atoms with Crippen molar-refractivity contribution in [3.63, 3.8) is 0 Å². The van der Waals surface area contributed by atoms with Crippen molar-refractivity contribution in [2.45, 2.75) is 43.9 Å². The number of rotatable bonds is 8. The number of benzene rings is 2. The number of nitro benzene ring substituents is 1. The highest BCUT2D eigenvalue weighted by atomic mass is 16.7. The molecular weight excluding hydrogens is 478 g/mol. The van der Waals surface area contributed by atoms with Gasteiger partial charge in [0.25, 0.3) is 5.69 Å². The maximum Gasteiger partial charge on any atom is 0.269 e. The highest BCUT2D eigenvalue weighted by Crippen LogP contribution is 2.44. The quantitative estimate of drug-likeness (QED) is 0.260. The van der Waals surface area contributed by atoms with Crippen LogP contribution < -0.4 is 4.74 Å². The summed E-state index contributed by atoms with van der Waals surface area (Å²) in [5.74, 6) is -4.60. The average molecular weight is 501 g/mol. The number of hydrogen-bond donors (Lipinski definition) is 3. The van der Waals surface area contributed by atoms with Crippen molar-refractivity contribution in [2.24, 2.45) is 0 Å². The van der Waals surface area contributed by atoms with Gasteiger partial charge in [-0.15, -0.1) is 0 Å². The largest absolute Gasteiger partial charge is 0.460 e. The van der Waals surface area contributed by atoms with Gasteiger partial charge in [0, 0.05) is 17.7 Å². The number of nitro groups is 1. The number of ketones is 4. The average Bonchev–Trinajstić information content (AvgIpc) is 2.83. The molecule has 0 radical (unpaired) electrons. The molecule has 3 rings (SSSR count). The Bertz CT molecular complexity index is 1260. The number of ether oxygens (including phenoxy) is 2. The molecule has 1 saturated heterocycles. The third-order valence-electron chi connectivity index (χ3n) is 6.27. The van der Waals surface area contributed by atoms with E-state index in [0.717, 1.165) is 32.9 Å². The number of Topliss-reactive ketones (excluding diaryl/α,β-unsaturated/α-hetero) is 3. The fraction of sp³-hybridized carbons (Fsp3) is 0.333. The summed E-state index contributed by atoms with van der Waals surface area (Å²) in [6.45, 7) is 1.40. The second-order valence-electron chi connectivity index (χ2n) is 8.40. The van der Waals surface area contributed by atoms with E-state index >= 15 is 0 Å². The van der Waals surface area contributed by atoms with Gasteiger partial charge in [0.1, 0.15) is 5.75 Å². The predicted octanol–water partition coefficient (Wildman–Crippen LogP) is 0.521. The fourth-order valence-corrected chi connectivity index (χ4v) is 4.13. The number of nitrogens with zero attached hydrogens (tertiary/aromatic N) is 1. The molecule has 4 atom stereocenters. The van der Waals surface area contributed by atoms with Crippen LogP contribution in [0.3, 0.4) is 0 Å². The molecular formula is C24H23NO11. The molecule has 1 aliphatic rings. The molecule has 0 aliphatic carbocycles. The van der Waals surface area contributed by atoms with E-state index in [-0.39, 0.29) is 22.6 Å². The standard InChI is InChI=1S/C24H23NO11/c1-13(26)22(30)12-35-21(23(31,14(2)27)24(22,32)15(3)28)36-19-7-5-4-6-18(19)20(29)16-8-10-17(11-9-16)25(33)34/h4-11,21,30-32H,12H2,1-3H3/t21-,22+,23+,24+/m1/s1. The molecule has 0 amide bonds. The molecule has 0 aromatic heterocycles. The first kappa shape index (κ1) is 26.8. The number of carbonyl (C=O) groups is 4. The van der Waals surface area contributed by atoms with E-state index in [2.05, 4.69) is 0 Å². The van der Waals surface area contributed by atoms with Gasteiger partial charge >= 0.3 is 0 Å². The van der Waals surface area contributed by atoms with E-state index in [1.165, 1.54) is 36.4 Å². The van der Waals surface area contributed by atoms with Crippen molar-refractivity contribution >= 4 is 28.8 Å². The van der Waals surface area contributed by atoms with Crippen LogP contribution in [0.15, 0.2) is 48.5 Å². The van der Waals surface area contributed by atoms with Crippen LogP contribution in [-0.4, -0.2) is 73.1 Å². The van der Waals surface area contributed by atoms with E-state index in [1.54, 1.807) is 0 Å². The van der Waals surface area contributed by atoms with Crippen LogP contribution in [0, 0.1) is 10.1 Å². The maximum atomic E-state index is 13.1. The number of carbonyl (C=O) groups excluding carboxylic acids is 4. The minimum Gasteiger partial charge on any atom is -0.460 e. The van der Waals surface area contributed by atoms with Crippen LogP contribution in [0.1, 0.15) is 36.7 Å². The maximum absolute atomic E-state index is 13.1. The van der Waals surface area contributed by atoms with Gasteiger partial charge in [0.05, 0.1) is 17.1 Å². The lowest BCUT2D eigenvalue weighted by atomic mass is 9.63. The van der Waals surface area contributed by atoms with Crippen molar-refractivity contribution in [1.82, 2.24) is 0 Å². The van der Waals surface area contributed by atoms with E-state index in [4.69, 9.17) is 9.47 Å². The first-order valence-electron chi connectivity index (χ1n) is 10.6. The van der Waals surface area contributed by atoms with Gasteiger partial charge in [-0.1, -0.05) is 12.1 Å². The van der Waals surface area contributed by atoms with E-state index in [0.29, 0.717) is 0 Å². The van der Waals surface area contributed by atoms with Crippen molar-refractivity contribution in [2.75, 3.05) is 6.61 Å². The molecule has 2 aromatic rings. The molecule has 3 N–H and O–H groups in total. The second-order valence-corrected chi connectivity index (χ2v) is 8.40. The van der Waals surface area contributed by atoms with E-state index < -0.39 is 57.8 Å². The molecule has 2 aromatic carbocycles. The predicted molar refractivity (Wildman–Crippen MR) is 120 cm³/mol. The van der Waals surface area contributed by atoms with Crippen LogP contribution in [0.4, 0.5) is 5.69 Å². The monoisotopic (exact) mass is 501 g/mol. The van der Waals surface area contributed by atoms with Gasteiger partial charge in [-0.05, 0) is 45.0 Å². The Balaban J connectivity index is 2.07. The summed E-state index contributed by atoms with van der Waals surface area (Å²) >= 11 is 0. The van der Waals surface area contributed by atoms with Gasteiger partial charge in [-0.25, -0.2) is 0 Å². The summed E-state index contributed by atoms with van der Waals surface area (Å²) in [6.07, 6.45) is -2.13. The minimum absolute atomic E-state index is 0.0502. The molecule has 1 heterocycles. The Morgan fingerprint density at radius 3 is 2.03 bits per heavy atom. The van der Waals surface area contributed by atoms with Gasteiger partial charge < -0.3 is 24.8 Å². The van der Waals surface area contributed by atoms with Crippen LogP contribution in [0.25, 0.3) is 0 Å². The molecule has 1 aliphatic heterocycles. The molecule has 0 bridgehead atoms. The van der Waals surface area contributed by atoms with Gasteiger partial charge in [-0.3, -0.25) is 29.3 Å². The third-order valence-corrected chi connectivity index (χ3v) is 6.27. The zero-order chi connectivity index (χ0) is 27.1. The summed E-state index contributed by atoms with van der Waals surface area (Å²) < 4.78 is 10.9. The molecule has 0 unspecified atom stereocenters. The lowest BCUT2D eigenvalue weighted by Gasteiger charge is -2.54. The molecule has 0 spiro atoms. The highest BCUT2D eigenvalue weighted by molar-refractivity contribution is 6.11. The molecule has 190 valence electrons. The molecule has 12 heteroatoms. The van der Waals surface area contributed by atoms with Crippen molar-refractivity contribution in [1.29, 1.82) is 0 Å². The number of non-ortho nitro benzene ring substituents is 1. The highest BCUT2D eigenvalue weighted by Gasteiger charge is 2.76. The lowest BCUT2D eigenvalue weighted by Crippen LogP contribution is -2.84. The summed E-state index contributed by atoms with van der Waals surface area (Å²) in [5, 5.41) is 44.3. The first-order chi connectivity index (χ1) is 16.7. The molecule has 36 heavy (non-hydrogen) atoms. The Hall–Kier alpha value is -3.84. The number of aliphatic hydroxyl groups is 3. The summed E-state index contributed by atoms with van der Waals surface area (Å²) in [5.41, 5.74) is -9.89. The van der Waals surface area contributed by atoms with Crippen molar-refractivity contribution in [3.05, 3.63) is 69.8 Å². The Kier molecular flexibility index (Phi) is 6.92. The number of para-hydroxylation sites is 1. The van der Waals surface area contributed by atoms with Crippen LogP contribution in [0.5, 0.6) is 5.75 Å². The second kappa shape index (κ2) is 9.32. The summed E-state index contributed by atoms with van der Waals surface area (Å²) in [4.78, 5) is 60.7. The van der Waals surface area contributed by atoms with Crippen molar-refractivity contribution in [3.8, 4) is 5.75 Å². The Labute approximate surface area is 204 Å². The zero-order valence-corrected chi connectivity index (χ0v) is 19.5. The van der Waals surface area contributed by atoms with Crippen LogP contribution in [-0.2, 0) is 19.1 Å². The summed E-state index contributed by atoms with van der Waals surface area (Å²) in [7, 11) is 0. The Morgan fingerprint density at radius 2 is 1.53 bits per heavy atom. The van der Waals surface area contributed by atoms with Gasteiger partial charge in [-0.2, -0.15) is 0 Å². The van der Waals surface area contributed by atoms with Crippen LogP contribution in [0.2, 0.25) is 0 Å². The van der Waals surface area contributed by atoms with Crippen LogP contribution >= 0.6 is 0 Å². The Morgan fingerprint density at radius 1 is 0.944 bits per heavy atom. The van der Waals surface area contributed by atoms with E-state index in [1.807, 2.05) is 0 Å². The van der Waals surface area contributed by atoms with Crippen molar-refractivity contribution < 1.29 is 48.9 Å². The SMILES string of the molecule is CC(=O)[C@]1(O)[C@@](O)(C(C)=O)CO[C@H](Oc2ccccc2C(=O)c2ccc([N+](=O)[O-])cc2)[C@@]1(O)C(C)=O.